The van der Waals surface area contributed by atoms with Crippen LogP contribution in [0, 0.1) is 6.92 Å². The van der Waals surface area contributed by atoms with E-state index in [1.54, 1.807) is 7.05 Å². The molecule has 0 unspecified atom stereocenters. The van der Waals surface area contributed by atoms with E-state index in [1.165, 1.54) is 0 Å². The molecule has 0 bridgehead atoms. The first kappa shape index (κ1) is 13.6. The first-order valence-corrected chi connectivity index (χ1v) is 6.58. The Hall–Kier alpha value is -1.85. The SMILES string of the molecule is CNC(=O)CCN(C)c1nc(C2CC2)nc(N)c1C. The number of anilines is 2. The highest BCUT2D eigenvalue weighted by atomic mass is 16.1. The van der Waals surface area contributed by atoms with Crippen LogP contribution < -0.4 is 16.0 Å². The Morgan fingerprint density at radius 1 is 1.47 bits per heavy atom. The molecule has 1 aliphatic rings. The van der Waals surface area contributed by atoms with Crippen LogP contribution in [0.4, 0.5) is 11.6 Å². The van der Waals surface area contributed by atoms with Crippen molar-refractivity contribution in [3.05, 3.63) is 11.4 Å². The third-order valence-electron chi connectivity index (χ3n) is 3.43. The van der Waals surface area contributed by atoms with Crippen molar-refractivity contribution in [2.45, 2.75) is 32.1 Å². The van der Waals surface area contributed by atoms with Gasteiger partial charge in [0.05, 0.1) is 0 Å². The van der Waals surface area contributed by atoms with Crippen LogP contribution in [-0.4, -0.2) is 36.5 Å². The summed E-state index contributed by atoms with van der Waals surface area (Å²) in [6.07, 6.45) is 2.73. The molecule has 1 aromatic rings. The summed E-state index contributed by atoms with van der Waals surface area (Å²) in [5, 5.41) is 2.61. The zero-order valence-electron chi connectivity index (χ0n) is 11.7. The first-order chi connectivity index (χ1) is 9.02. The lowest BCUT2D eigenvalue weighted by molar-refractivity contribution is -0.120. The van der Waals surface area contributed by atoms with Crippen LogP contribution in [0.15, 0.2) is 0 Å². The van der Waals surface area contributed by atoms with Gasteiger partial charge in [0.25, 0.3) is 0 Å². The Morgan fingerprint density at radius 3 is 2.74 bits per heavy atom. The predicted octanol–water partition coefficient (Wildman–Crippen LogP) is 0.817. The van der Waals surface area contributed by atoms with Gasteiger partial charge in [-0.3, -0.25) is 4.79 Å². The van der Waals surface area contributed by atoms with Crippen LogP contribution in [0.5, 0.6) is 0 Å². The second-order valence-electron chi connectivity index (χ2n) is 5.03. The van der Waals surface area contributed by atoms with Crippen molar-refractivity contribution in [1.29, 1.82) is 0 Å². The molecule has 1 aromatic heterocycles. The summed E-state index contributed by atoms with van der Waals surface area (Å²) < 4.78 is 0. The van der Waals surface area contributed by atoms with Crippen LogP contribution in [0.25, 0.3) is 0 Å². The molecule has 3 N–H and O–H groups in total. The van der Waals surface area contributed by atoms with Gasteiger partial charge in [-0.25, -0.2) is 9.97 Å². The van der Waals surface area contributed by atoms with Gasteiger partial charge in [-0.2, -0.15) is 0 Å². The van der Waals surface area contributed by atoms with Crippen LogP contribution >= 0.6 is 0 Å². The maximum absolute atomic E-state index is 11.3. The molecule has 2 rings (SSSR count). The quantitative estimate of drug-likeness (QED) is 0.821. The lowest BCUT2D eigenvalue weighted by Gasteiger charge is -2.21. The molecule has 0 aliphatic heterocycles. The Labute approximate surface area is 113 Å². The van der Waals surface area contributed by atoms with Crippen molar-refractivity contribution in [1.82, 2.24) is 15.3 Å². The van der Waals surface area contributed by atoms with E-state index < -0.39 is 0 Å². The van der Waals surface area contributed by atoms with E-state index in [-0.39, 0.29) is 5.91 Å². The molecular weight excluding hydrogens is 242 g/mol. The average Bonchev–Trinajstić information content (AvgIpc) is 3.22. The Balaban J connectivity index is 2.15. The fourth-order valence-electron chi connectivity index (χ4n) is 1.94. The van der Waals surface area contributed by atoms with Crippen molar-refractivity contribution in [3.63, 3.8) is 0 Å². The van der Waals surface area contributed by atoms with Crippen molar-refractivity contribution >= 4 is 17.5 Å². The maximum Gasteiger partial charge on any atom is 0.221 e. The van der Waals surface area contributed by atoms with Gasteiger partial charge in [0.2, 0.25) is 5.91 Å². The Bertz CT molecular complexity index is 484. The van der Waals surface area contributed by atoms with Crippen molar-refractivity contribution in [2.24, 2.45) is 0 Å². The van der Waals surface area contributed by atoms with E-state index in [1.807, 2.05) is 18.9 Å². The highest BCUT2D eigenvalue weighted by molar-refractivity contribution is 5.76. The number of nitrogens with one attached hydrogen (secondary N) is 1. The Morgan fingerprint density at radius 2 is 2.16 bits per heavy atom. The fraction of sp³-hybridized carbons (Fsp3) is 0.615. The molecule has 6 nitrogen and oxygen atoms in total. The van der Waals surface area contributed by atoms with Crippen LogP contribution in [-0.2, 0) is 4.79 Å². The minimum atomic E-state index is 0.0222. The van der Waals surface area contributed by atoms with E-state index in [0.29, 0.717) is 24.7 Å². The second-order valence-corrected chi connectivity index (χ2v) is 5.03. The van der Waals surface area contributed by atoms with Gasteiger partial charge in [0, 0.05) is 38.5 Å². The smallest absolute Gasteiger partial charge is 0.221 e. The summed E-state index contributed by atoms with van der Waals surface area (Å²) in [5.41, 5.74) is 6.83. The van der Waals surface area contributed by atoms with Gasteiger partial charge >= 0.3 is 0 Å². The highest BCUT2D eigenvalue weighted by Gasteiger charge is 2.28. The van der Waals surface area contributed by atoms with Crippen LogP contribution in [0.3, 0.4) is 0 Å². The first-order valence-electron chi connectivity index (χ1n) is 6.58. The largest absolute Gasteiger partial charge is 0.383 e. The third kappa shape index (κ3) is 3.13. The van der Waals surface area contributed by atoms with Crippen LogP contribution in [0.2, 0.25) is 0 Å². The number of nitrogens with two attached hydrogens (primary N) is 1. The number of amides is 1. The van der Waals surface area contributed by atoms with Crippen molar-refractivity contribution in [3.8, 4) is 0 Å². The van der Waals surface area contributed by atoms with Gasteiger partial charge in [-0.1, -0.05) is 0 Å². The van der Waals surface area contributed by atoms with E-state index in [2.05, 4.69) is 15.3 Å². The van der Waals surface area contributed by atoms with Gasteiger partial charge in [0.1, 0.15) is 17.5 Å². The number of nitrogen functional groups attached to an aromatic ring is 1. The molecule has 0 atom stereocenters. The van der Waals surface area contributed by atoms with Gasteiger partial charge < -0.3 is 16.0 Å². The molecule has 6 heteroatoms. The minimum absolute atomic E-state index is 0.0222. The molecule has 104 valence electrons. The summed E-state index contributed by atoms with van der Waals surface area (Å²) in [6, 6.07) is 0. The molecule has 0 aromatic carbocycles. The molecule has 1 fully saturated rings. The molecule has 1 heterocycles. The number of carbonyl (C=O) groups is 1. The molecule has 19 heavy (non-hydrogen) atoms. The van der Waals surface area contributed by atoms with Gasteiger partial charge in [0.15, 0.2) is 0 Å². The summed E-state index contributed by atoms with van der Waals surface area (Å²) in [6.45, 7) is 2.53. The number of hydrogen-bond acceptors (Lipinski definition) is 5. The summed E-state index contributed by atoms with van der Waals surface area (Å²) in [5.74, 6) is 2.70. The van der Waals surface area contributed by atoms with Gasteiger partial charge in [-0.05, 0) is 19.8 Å². The molecule has 0 radical (unpaired) electrons. The molecular formula is C13H21N5O. The molecule has 1 saturated carbocycles. The number of hydrogen-bond donors (Lipinski definition) is 2. The standard InChI is InChI=1S/C13H21N5O/c1-8-11(14)16-12(9-4-5-9)17-13(8)18(3)7-6-10(19)15-2/h9H,4-7H2,1-3H3,(H,15,19)(H2,14,16,17). The topological polar surface area (TPSA) is 84.1 Å². The van der Waals surface area contributed by atoms with E-state index in [9.17, 15) is 4.79 Å². The predicted molar refractivity (Wildman–Crippen MR) is 75.1 cm³/mol. The van der Waals surface area contributed by atoms with Crippen molar-refractivity contribution < 1.29 is 4.79 Å². The monoisotopic (exact) mass is 263 g/mol. The average molecular weight is 263 g/mol. The van der Waals surface area contributed by atoms with E-state index in [4.69, 9.17) is 5.73 Å². The van der Waals surface area contributed by atoms with E-state index in [0.717, 1.165) is 30.0 Å². The summed E-state index contributed by atoms with van der Waals surface area (Å²) in [4.78, 5) is 22.2. The zero-order valence-corrected chi connectivity index (χ0v) is 11.7. The highest BCUT2D eigenvalue weighted by Crippen LogP contribution is 2.39. The number of nitrogens with zero attached hydrogens (tertiary/aromatic N) is 3. The van der Waals surface area contributed by atoms with Crippen LogP contribution in [0.1, 0.15) is 36.6 Å². The third-order valence-corrected chi connectivity index (χ3v) is 3.43. The van der Waals surface area contributed by atoms with Crippen molar-refractivity contribution in [2.75, 3.05) is 31.3 Å². The Kier molecular flexibility index (Phi) is 3.87. The molecule has 1 aliphatic carbocycles. The van der Waals surface area contributed by atoms with E-state index >= 15 is 0 Å². The fourth-order valence-corrected chi connectivity index (χ4v) is 1.94. The molecule has 1 amide bonds. The minimum Gasteiger partial charge on any atom is -0.383 e. The summed E-state index contributed by atoms with van der Waals surface area (Å²) in [7, 11) is 3.57. The maximum atomic E-state index is 11.3. The lowest BCUT2D eigenvalue weighted by Crippen LogP contribution is -2.28. The summed E-state index contributed by atoms with van der Waals surface area (Å²) >= 11 is 0. The number of aromatic nitrogens is 2. The molecule has 0 spiro atoms. The number of carbonyl (C=O) groups excluding carboxylic acids is 1. The number of rotatable bonds is 5. The lowest BCUT2D eigenvalue weighted by atomic mass is 10.2. The van der Waals surface area contributed by atoms with Gasteiger partial charge in [-0.15, -0.1) is 0 Å². The zero-order chi connectivity index (χ0) is 14.0. The normalized spacial score (nSPS) is 14.3. The molecule has 0 saturated heterocycles. The second kappa shape index (κ2) is 5.42.